The summed E-state index contributed by atoms with van der Waals surface area (Å²) in [5.41, 5.74) is 0. The highest BCUT2D eigenvalue weighted by Crippen LogP contribution is 2.29. The number of amides is 6. The summed E-state index contributed by atoms with van der Waals surface area (Å²) in [6.45, 7) is 4.42. The van der Waals surface area contributed by atoms with E-state index in [0.717, 1.165) is 55.4 Å². The number of rotatable bonds is 29. The number of unbranched alkanes of at least 4 members (excludes halogenated alkanes) is 1. The van der Waals surface area contributed by atoms with Crippen molar-refractivity contribution in [3.63, 3.8) is 0 Å². The fourth-order valence-electron chi connectivity index (χ4n) is 7.19. The SMILES string of the molecule is CC(=O)N[C@H]1[C@H](OCC(=O)NCCCC[C@H](NC(=O)CO[C@@H]2O[C@H](COC(C)=O)[C@H](OC(C)=O)[C@H](OC(C)=O)[C@H]2NC(C)=O)C(=O)NCCNC(=O)OC[C@H](O)CO)O[C@H](COC(C)=O)[C@H](OC(C)=O)[C@@H]1OC(C)=O. The molecule has 6 amide bonds. The zero-order valence-electron chi connectivity index (χ0n) is 42.7. The summed E-state index contributed by atoms with van der Waals surface area (Å²) in [6.07, 6.45) is -13.6. The van der Waals surface area contributed by atoms with Crippen LogP contribution in [0, 0.1) is 0 Å². The van der Waals surface area contributed by atoms with Crippen LogP contribution in [0.15, 0.2) is 0 Å². The van der Waals surface area contributed by atoms with Crippen molar-refractivity contribution in [1.29, 1.82) is 0 Å². The van der Waals surface area contributed by atoms with Crippen LogP contribution in [-0.2, 0) is 105 Å². The maximum Gasteiger partial charge on any atom is 0.407 e. The van der Waals surface area contributed by atoms with Gasteiger partial charge in [0.2, 0.25) is 29.5 Å². The first-order valence-corrected chi connectivity index (χ1v) is 23.4. The Hall–Kier alpha value is -6.80. The molecule has 2 aliphatic heterocycles. The van der Waals surface area contributed by atoms with Crippen molar-refractivity contribution >= 4 is 71.4 Å². The number of esters is 6. The van der Waals surface area contributed by atoms with E-state index in [0.29, 0.717) is 0 Å². The second kappa shape index (κ2) is 33.2. The molecule has 2 saturated heterocycles. The topological polar surface area (TPSA) is 419 Å². The number of carbonyl (C=O) groups is 12. The third kappa shape index (κ3) is 24.9. The molecule has 0 spiro atoms. The number of hydrogen-bond donors (Lipinski definition) is 8. The zero-order valence-corrected chi connectivity index (χ0v) is 42.7. The summed E-state index contributed by atoms with van der Waals surface area (Å²) in [6, 6.07) is -4.07. The molecule has 0 aromatic rings. The summed E-state index contributed by atoms with van der Waals surface area (Å²) >= 11 is 0. The van der Waals surface area contributed by atoms with Crippen molar-refractivity contribution in [3.05, 3.63) is 0 Å². The normalized spacial score (nSPS) is 23.7. The lowest BCUT2D eigenvalue weighted by molar-refractivity contribution is -0.276. The molecule has 2 rings (SSSR count). The molecule has 0 aromatic carbocycles. The first kappa shape index (κ1) is 64.3. The number of aliphatic hydroxyl groups is 2. The lowest BCUT2D eigenvalue weighted by atomic mass is 9.96. The molecule has 0 radical (unpaired) electrons. The molecule has 31 nitrogen and oxygen atoms in total. The Balaban J connectivity index is 2.22. The van der Waals surface area contributed by atoms with Crippen molar-refractivity contribution in [1.82, 2.24) is 31.9 Å². The van der Waals surface area contributed by atoms with E-state index in [1.165, 1.54) is 0 Å². The largest absolute Gasteiger partial charge is 0.463 e. The molecule has 8 N–H and O–H groups in total. The van der Waals surface area contributed by atoms with Gasteiger partial charge in [-0.3, -0.25) is 52.7 Å². The van der Waals surface area contributed by atoms with E-state index in [9.17, 15) is 62.6 Å². The third-order valence-electron chi connectivity index (χ3n) is 10.1. The van der Waals surface area contributed by atoms with E-state index in [2.05, 4.69) is 31.9 Å². The number of carbonyl (C=O) groups excluding carboxylic acids is 12. The molecule has 75 heavy (non-hydrogen) atoms. The average molecular weight is 1080 g/mol. The minimum atomic E-state index is -1.63. The number of alkyl carbamates (subject to hydrolysis) is 1. The zero-order chi connectivity index (χ0) is 56.4. The third-order valence-corrected chi connectivity index (χ3v) is 10.1. The van der Waals surface area contributed by atoms with Crippen LogP contribution in [0.1, 0.15) is 74.7 Å². The molecular formula is C44H68N6O25. The van der Waals surface area contributed by atoms with E-state index >= 15 is 0 Å². The van der Waals surface area contributed by atoms with Gasteiger partial charge in [-0.2, -0.15) is 0 Å². The standard InChI is InChI=1S/C44H68N6O25/c1-21(52)48-35-39(72-27(7)58)37(70-25(5)56)31(17-65-23(3)54)74-42(35)67-19-33(61)45-12-10-9-11-30(41(63)46-13-14-47-44(64)69-16-29(60)15-51)50-34(62)20-68-43-36(49-22(2)53)40(73-28(8)59)38(71-26(6)57)32(75-43)18-66-24(4)55/h29-32,35-40,42-43,51,60H,9-20H2,1-8H3,(H,45,61)(H,46,63)(H,47,64)(H,48,52)(H,49,53)(H,50,62)/t29-,30+,31-,32-,35-,36-,37+,38+,39-,40-,42-,43-/m1/s1. The van der Waals surface area contributed by atoms with Gasteiger partial charge in [-0.05, 0) is 19.3 Å². The van der Waals surface area contributed by atoms with E-state index in [1.807, 2.05) is 0 Å². The van der Waals surface area contributed by atoms with Gasteiger partial charge in [-0.15, -0.1) is 0 Å². The first-order chi connectivity index (χ1) is 35.3. The van der Waals surface area contributed by atoms with Gasteiger partial charge in [0.1, 0.15) is 69.5 Å². The van der Waals surface area contributed by atoms with Crippen LogP contribution in [0.25, 0.3) is 0 Å². The summed E-state index contributed by atoms with van der Waals surface area (Å²) < 4.78 is 59.7. The molecule has 0 aromatic heterocycles. The highest BCUT2D eigenvalue weighted by Gasteiger charge is 2.53. The quantitative estimate of drug-likeness (QED) is 0.0198. The molecule has 0 bridgehead atoms. The van der Waals surface area contributed by atoms with Crippen molar-refractivity contribution in [3.8, 4) is 0 Å². The Morgan fingerprint density at radius 1 is 0.520 bits per heavy atom. The summed E-state index contributed by atoms with van der Waals surface area (Å²) in [7, 11) is 0. The molecule has 2 aliphatic rings. The van der Waals surface area contributed by atoms with Crippen LogP contribution >= 0.6 is 0 Å². The van der Waals surface area contributed by atoms with E-state index < -0.39 is 185 Å². The molecule has 2 fully saturated rings. The molecule has 0 saturated carbocycles. The van der Waals surface area contributed by atoms with Crippen molar-refractivity contribution in [2.45, 2.75) is 148 Å². The van der Waals surface area contributed by atoms with Gasteiger partial charge < -0.3 is 94.2 Å². The monoisotopic (exact) mass is 1080 g/mol. The molecule has 31 heteroatoms. The number of aliphatic hydroxyl groups excluding tert-OH is 2. The van der Waals surface area contributed by atoms with Gasteiger partial charge in [0, 0.05) is 75.0 Å². The Labute approximate surface area is 429 Å². The molecule has 12 atom stereocenters. The molecular weight excluding hydrogens is 1010 g/mol. The molecule has 424 valence electrons. The predicted molar refractivity (Wildman–Crippen MR) is 244 cm³/mol. The van der Waals surface area contributed by atoms with Gasteiger partial charge in [0.15, 0.2) is 37.0 Å². The summed E-state index contributed by atoms with van der Waals surface area (Å²) in [4.78, 5) is 148. The minimum absolute atomic E-state index is 0.0270. The minimum Gasteiger partial charge on any atom is -0.463 e. The summed E-state index contributed by atoms with van der Waals surface area (Å²) in [5, 5.41) is 33.3. The van der Waals surface area contributed by atoms with Gasteiger partial charge >= 0.3 is 41.9 Å². The van der Waals surface area contributed by atoms with Gasteiger partial charge in [0.05, 0.1) is 6.61 Å². The highest BCUT2D eigenvalue weighted by molar-refractivity contribution is 5.88. The molecule has 0 aliphatic carbocycles. The van der Waals surface area contributed by atoms with E-state index in [4.69, 9.17) is 57.2 Å². The van der Waals surface area contributed by atoms with Gasteiger partial charge in [-0.1, -0.05) is 0 Å². The van der Waals surface area contributed by atoms with Crippen LogP contribution in [0.2, 0.25) is 0 Å². The maximum atomic E-state index is 13.5. The second-order valence-electron chi connectivity index (χ2n) is 16.7. The van der Waals surface area contributed by atoms with E-state index in [1.54, 1.807) is 0 Å². The maximum absolute atomic E-state index is 13.5. The Kier molecular flexibility index (Phi) is 28.5. The Bertz CT molecular complexity index is 1990. The predicted octanol–water partition coefficient (Wildman–Crippen LogP) is -4.70. The Morgan fingerprint density at radius 2 is 0.960 bits per heavy atom. The highest BCUT2D eigenvalue weighted by atomic mass is 16.7. The van der Waals surface area contributed by atoms with Crippen LogP contribution in [-0.4, -0.2) is 214 Å². The molecule has 0 unspecified atom stereocenters. The van der Waals surface area contributed by atoms with Crippen LogP contribution in [0.5, 0.6) is 0 Å². The van der Waals surface area contributed by atoms with Crippen molar-refractivity contribution in [2.75, 3.05) is 59.3 Å². The number of hydrogen-bond acceptors (Lipinski definition) is 25. The average Bonchev–Trinajstić information content (AvgIpc) is 3.31. The number of nitrogens with one attached hydrogen (secondary N) is 6. The second-order valence-corrected chi connectivity index (χ2v) is 16.7. The lowest BCUT2D eigenvalue weighted by Gasteiger charge is -2.44. The fourth-order valence-corrected chi connectivity index (χ4v) is 7.19. The molecule has 2 heterocycles. The van der Waals surface area contributed by atoms with Gasteiger partial charge in [0.25, 0.3) is 0 Å². The van der Waals surface area contributed by atoms with Crippen LogP contribution < -0.4 is 31.9 Å². The van der Waals surface area contributed by atoms with Crippen LogP contribution in [0.3, 0.4) is 0 Å². The smallest absolute Gasteiger partial charge is 0.407 e. The van der Waals surface area contributed by atoms with Crippen molar-refractivity contribution in [2.24, 2.45) is 0 Å². The van der Waals surface area contributed by atoms with Crippen molar-refractivity contribution < 1.29 is 120 Å². The lowest BCUT2D eigenvalue weighted by Crippen LogP contribution is -2.66. The fraction of sp³-hybridized carbons (Fsp3) is 0.727. The summed E-state index contributed by atoms with van der Waals surface area (Å²) in [5.74, 6) is -8.62. The van der Waals surface area contributed by atoms with Gasteiger partial charge in [-0.25, -0.2) is 4.79 Å². The first-order valence-electron chi connectivity index (χ1n) is 23.4. The van der Waals surface area contributed by atoms with Crippen LogP contribution in [0.4, 0.5) is 4.79 Å². The Morgan fingerprint density at radius 3 is 1.39 bits per heavy atom. The number of ether oxygens (including phenoxy) is 11. The van der Waals surface area contributed by atoms with E-state index in [-0.39, 0.29) is 38.9 Å².